The van der Waals surface area contributed by atoms with Crippen molar-refractivity contribution in [1.82, 2.24) is 30.0 Å². The summed E-state index contributed by atoms with van der Waals surface area (Å²) in [5, 5.41) is 19.1. The Hall–Kier alpha value is -3.71. The molecule has 3 aromatic carbocycles. The van der Waals surface area contributed by atoms with E-state index in [1.165, 1.54) is 22.3 Å². The lowest BCUT2D eigenvalue weighted by atomic mass is 10.1. The lowest BCUT2D eigenvalue weighted by Gasteiger charge is -2.10. The minimum atomic E-state index is 0.576. The van der Waals surface area contributed by atoms with Gasteiger partial charge in [0.05, 0.1) is 24.0 Å². The van der Waals surface area contributed by atoms with Gasteiger partial charge in [-0.1, -0.05) is 66.2 Å². The molecule has 0 aliphatic heterocycles. The van der Waals surface area contributed by atoms with Crippen LogP contribution in [0.25, 0.3) is 17.1 Å². The molecule has 34 heavy (non-hydrogen) atoms. The summed E-state index contributed by atoms with van der Waals surface area (Å²) >= 11 is 1.73. The van der Waals surface area contributed by atoms with Crippen LogP contribution in [-0.2, 0) is 12.3 Å². The van der Waals surface area contributed by atoms with E-state index < -0.39 is 0 Å². The minimum absolute atomic E-state index is 0.576. The maximum absolute atomic E-state index is 4.74. The molecule has 0 fully saturated rings. The summed E-state index contributed by atoms with van der Waals surface area (Å²) in [6.45, 7) is 6.87. The van der Waals surface area contributed by atoms with Gasteiger partial charge in [0.1, 0.15) is 5.03 Å². The summed E-state index contributed by atoms with van der Waals surface area (Å²) in [6.07, 6.45) is 1.85. The first-order chi connectivity index (χ1) is 16.5. The van der Waals surface area contributed by atoms with Crippen LogP contribution in [0, 0.1) is 20.8 Å². The zero-order valence-corrected chi connectivity index (χ0v) is 20.3. The van der Waals surface area contributed by atoms with Crippen LogP contribution in [0.15, 0.2) is 84.0 Å². The van der Waals surface area contributed by atoms with Gasteiger partial charge in [0, 0.05) is 5.75 Å². The molecule has 0 amide bonds. The van der Waals surface area contributed by atoms with Crippen LogP contribution in [0.2, 0.25) is 0 Å². The van der Waals surface area contributed by atoms with Gasteiger partial charge < -0.3 is 0 Å². The van der Waals surface area contributed by atoms with Crippen LogP contribution in [0.3, 0.4) is 0 Å². The van der Waals surface area contributed by atoms with E-state index in [0.717, 1.165) is 27.6 Å². The molecule has 0 N–H and O–H groups in total. The van der Waals surface area contributed by atoms with Gasteiger partial charge in [0.2, 0.25) is 5.82 Å². The van der Waals surface area contributed by atoms with E-state index >= 15 is 0 Å². The normalized spacial score (nSPS) is 11.1. The summed E-state index contributed by atoms with van der Waals surface area (Å²) in [5.41, 5.74) is 7.94. The molecule has 0 radical (unpaired) electrons. The fourth-order valence-corrected chi connectivity index (χ4v) is 5.07. The number of hydrogen-bond donors (Lipinski definition) is 0. The molecule has 0 saturated carbocycles. The van der Waals surface area contributed by atoms with Crippen molar-refractivity contribution in [1.29, 1.82) is 0 Å². The standard InChI is InChI=1S/C27H26N6S/c1-19-8-7-11-23(13-19)17-32-30-26(29-31-32)25-16-28-33(24-14-20(2)12-21(3)15-24)27(25)34-18-22-9-5-4-6-10-22/h4-16H,17-18H2,1-3H3. The Morgan fingerprint density at radius 2 is 1.56 bits per heavy atom. The number of aromatic nitrogens is 6. The molecule has 0 unspecified atom stereocenters. The van der Waals surface area contributed by atoms with Crippen LogP contribution in [-0.4, -0.2) is 30.0 Å². The van der Waals surface area contributed by atoms with Gasteiger partial charge in [-0.3, -0.25) is 0 Å². The topological polar surface area (TPSA) is 61.4 Å². The van der Waals surface area contributed by atoms with E-state index in [1.807, 2.05) is 16.9 Å². The number of thioether (sulfide) groups is 1. The van der Waals surface area contributed by atoms with Crippen molar-refractivity contribution < 1.29 is 0 Å². The number of nitrogens with zero attached hydrogens (tertiary/aromatic N) is 6. The lowest BCUT2D eigenvalue weighted by molar-refractivity contribution is 0.572. The van der Waals surface area contributed by atoms with Gasteiger partial charge in [-0.15, -0.1) is 22.0 Å². The van der Waals surface area contributed by atoms with Crippen LogP contribution in [0.1, 0.15) is 27.8 Å². The molecule has 5 rings (SSSR count). The number of aryl methyl sites for hydroxylation is 3. The van der Waals surface area contributed by atoms with Gasteiger partial charge >= 0.3 is 0 Å². The SMILES string of the molecule is Cc1cccc(Cn2nnc(-c3cnn(-c4cc(C)cc(C)c4)c3SCc3ccccc3)n2)c1. The van der Waals surface area contributed by atoms with Gasteiger partial charge in [-0.05, 0) is 60.4 Å². The summed E-state index contributed by atoms with van der Waals surface area (Å²) in [6, 6.07) is 25.3. The molecule has 5 aromatic rings. The molecule has 6 nitrogen and oxygen atoms in total. The smallest absolute Gasteiger partial charge is 0.209 e. The Bertz CT molecular complexity index is 1400. The van der Waals surface area contributed by atoms with Crippen molar-refractivity contribution in [3.8, 4) is 17.1 Å². The van der Waals surface area contributed by atoms with Crippen molar-refractivity contribution in [2.45, 2.75) is 38.1 Å². The molecule has 0 bridgehead atoms. The molecule has 0 aliphatic rings. The second-order valence-electron chi connectivity index (χ2n) is 8.53. The Kier molecular flexibility index (Phi) is 6.27. The average Bonchev–Trinajstić information content (AvgIpc) is 3.44. The molecule has 2 heterocycles. The van der Waals surface area contributed by atoms with E-state index in [0.29, 0.717) is 12.4 Å². The molecule has 170 valence electrons. The maximum atomic E-state index is 4.74. The summed E-state index contributed by atoms with van der Waals surface area (Å²) in [4.78, 5) is 1.64. The Labute approximate surface area is 203 Å². The third kappa shape index (κ3) is 4.94. The molecule has 2 aromatic heterocycles. The van der Waals surface area contributed by atoms with Crippen LogP contribution < -0.4 is 0 Å². The first-order valence-electron chi connectivity index (χ1n) is 11.2. The number of benzene rings is 3. The third-order valence-electron chi connectivity index (χ3n) is 5.49. The van der Waals surface area contributed by atoms with Crippen LogP contribution in [0.5, 0.6) is 0 Å². The summed E-state index contributed by atoms with van der Waals surface area (Å²) < 4.78 is 1.99. The minimum Gasteiger partial charge on any atom is -0.226 e. The van der Waals surface area contributed by atoms with Gasteiger partial charge in [-0.25, -0.2) is 4.68 Å². The molecule has 0 saturated heterocycles. The average molecular weight is 467 g/mol. The maximum Gasteiger partial charge on any atom is 0.209 e. The highest BCUT2D eigenvalue weighted by molar-refractivity contribution is 7.98. The van der Waals surface area contributed by atoms with Gasteiger partial charge in [0.15, 0.2) is 0 Å². The molecule has 0 atom stereocenters. The number of tetrazole rings is 1. The highest BCUT2D eigenvalue weighted by atomic mass is 32.2. The van der Waals surface area contributed by atoms with E-state index in [2.05, 4.69) is 97.8 Å². The Balaban J connectivity index is 1.50. The Morgan fingerprint density at radius 3 is 2.32 bits per heavy atom. The van der Waals surface area contributed by atoms with Crippen LogP contribution in [0.4, 0.5) is 0 Å². The van der Waals surface area contributed by atoms with Crippen LogP contribution >= 0.6 is 11.8 Å². The molecule has 0 spiro atoms. The lowest BCUT2D eigenvalue weighted by Crippen LogP contribution is -2.04. The predicted octanol–water partition coefficient (Wildman–Crippen LogP) is 5.79. The van der Waals surface area contributed by atoms with Crippen molar-refractivity contribution in [3.05, 3.63) is 107 Å². The molecule has 7 heteroatoms. The van der Waals surface area contributed by atoms with Gasteiger partial charge in [0.25, 0.3) is 0 Å². The fraction of sp³-hybridized carbons (Fsp3) is 0.185. The van der Waals surface area contributed by atoms with Crippen molar-refractivity contribution in [3.63, 3.8) is 0 Å². The first-order valence-corrected chi connectivity index (χ1v) is 12.2. The zero-order valence-electron chi connectivity index (χ0n) is 19.5. The van der Waals surface area contributed by atoms with E-state index in [9.17, 15) is 0 Å². The summed E-state index contributed by atoms with van der Waals surface area (Å²) in [7, 11) is 0. The fourth-order valence-electron chi connectivity index (χ4n) is 4.00. The largest absolute Gasteiger partial charge is 0.226 e. The monoisotopic (exact) mass is 466 g/mol. The van der Waals surface area contributed by atoms with Gasteiger partial charge in [-0.2, -0.15) is 9.90 Å². The second kappa shape index (κ2) is 9.65. The molecular formula is C27H26N6S. The van der Waals surface area contributed by atoms with Crippen molar-refractivity contribution in [2.75, 3.05) is 0 Å². The third-order valence-corrected chi connectivity index (χ3v) is 6.64. The Morgan fingerprint density at radius 1 is 0.794 bits per heavy atom. The van der Waals surface area contributed by atoms with E-state index in [-0.39, 0.29) is 0 Å². The zero-order chi connectivity index (χ0) is 23.5. The van der Waals surface area contributed by atoms with Crippen molar-refractivity contribution in [2.24, 2.45) is 0 Å². The quantitative estimate of drug-likeness (QED) is 0.284. The van der Waals surface area contributed by atoms with E-state index in [1.54, 1.807) is 16.6 Å². The van der Waals surface area contributed by atoms with E-state index in [4.69, 9.17) is 10.2 Å². The molecular weight excluding hydrogens is 440 g/mol. The molecule has 0 aliphatic carbocycles. The highest BCUT2D eigenvalue weighted by Crippen LogP contribution is 2.34. The second-order valence-corrected chi connectivity index (χ2v) is 9.49. The predicted molar refractivity (Wildman–Crippen MR) is 136 cm³/mol. The first kappa shape index (κ1) is 22.1. The van der Waals surface area contributed by atoms with Crippen molar-refractivity contribution >= 4 is 11.8 Å². The highest BCUT2D eigenvalue weighted by Gasteiger charge is 2.19. The number of hydrogen-bond acceptors (Lipinski definition) is 5. The number of rotatable bonds is 7. The summed E-state index contributed by atoms with van der Waals surface area (Å²) in [5.74, 6) is 1.40.